The molecule has 0 spiro atoms. The zero-order chi connectivity index (χ0) is 14.0. The summed E-state index contributed by atoms with van der Waals surface area (Å²) in [6.45, 7) is 2.00. The standard InChI is InChI=1S/C15H16F3N/c1-2-5-10-8-11-6-3-4-7-12(11)13(9-10)14(19)15(16,17)18/h3-4,6-9,14H,2,5,19H2,1H3/t14-/m0/s1. The van der Waals surface area contributed by atoms with E-state index in [4.69, 9.17) is 5.73 Å². The van der Waals surface area contributed by atoms with Crippen molar-refractivity contribution in [3.05, 3.63) is 47.5 Å². The molecular weight excluding hydrogens is 251 g/mol. The fourth-order valence-electron chi connectivity index (χ4n) is 2.27. The monoisotopic (exact) mass is 267 g/mol. The highest BCUT2D eigenvalue weighted by Gasteiger charge is 2.38. The molecule has 2 aromatic carbocycles. The lowest BCUT2D eigenvalue weighted by Crippen LogP contribution is -2.28. The predicted octanol–water partition coefficient (Wildman–Crippen LogP) is 4.35. The second-order valence-electron chi connectivity index (χ2n) is 4.68. The third kappa shape index (κ3) is 2.89. The van der Waals surface area contributed by atoms with Crippen molar-refractivity contribution in [2.75, 3.05) is 0 Å². The van der Waals surface area contributed by atoms with E-state index in [2.05, 4.69) is 0 Å². The van der Waals surface area contributed by atoms with Crippen molar-refractivity contribution < 1.29 is 13.2 Å². The number of alkyl halides is 3. The number of rotatable bonds is 3. The van der Waals surface area contributed by atoms with E-state index in [1.54, 1.807) is 18.2 Å². The van der Waals surface area contributed by atoms with Crippen LogP contribution in [0.3, 0.4) is 0 Å². The van der Waals surface area contributed by atoms with Crippen molar-refractivity contribution in [2.45, 2.75) is 32.0 Å². The topological polar surface area (TPSA) is 26.0 Å². The van der Waals surface area contributed by atoms with Crippen LogP contribution in [0.1, 0.15) is 30.5 Å². The highest BCUT2D eigenvalue weighted by molar-refractivity contribution is 5.87. The fraction of sp³-hybridized carbons (Fsp3) is 0.333. The molecule has 2 aromatic rings. The molecule has 1 atom stereocenters. The van der Waals surface area contributed by atoms with Gasteiger partial charge in [-0.1, -0.05) is 49.7 Å². The van der Waals surface area contributed by atoms with Gasteiger partial charge in [0.1, 0.15) is 6.04 Å². The lowest BCUT2D eigenvalue weighted by molar-refractivity contribution is -0.148. The number of halogens is 3. The Balaban J connectivity index is 2.62. The molecule has 0 aliphatic rings. The molecule has 0 aliphatic heterocycles. The first-order valence-corrected chi connectivity index (χ1v) is 6.27. The summed E-state index contributed by atoms with van der Waals surface area (Å²) in [5.74, 6) is 0. The Morgan fingerprint density at radius 3 is 2.47 bits per heavy atom. The molecule has 0 heterocycles. The first kappa shape index (κ1) is 13.9. The van der Waals surface area contributed by atoms with Crippen molar-refractivity contribution in [1.29, 1.82) is 0 Å². The summed E-state index contributed by atoms with van der Waals surface area (Å²) in [5.41, 5.74) is 6.44. The van der Waals surface area contributed by atoms with Crippen LogP contribution in [-0.2, 0) is 6.42 Å². The maximum Gasteiger partial charge on any atom is 0.407 e. The number of fused-ring (bicyclic) bond motifs is 1. The predicted molar refractivity (Wildman–Crippen MR) is 70.9 cm³/mol. The van der Waals surface area contributed by atoms with Crippen LogP contribution in [-0.4, -0.2) is 6.18 Å². The largest absolute Gasteiger partial charge is 0.407 e. The van der Waals surface area contributed by atoms with Gasteiger partial charge >= 0.3 is 6.18 Å². The second kappa shape index (κ2) is 5.21. The Labute approximate surface area is 110 Å². The van der Waals surface area contributed by atoms with Gasteiger partial charge in [-0.15, -0.1) is 0 Å². The summed E-state index contributed by atoms with van der Waals surface area (Å²) in [5, 5.41) is 1.38. The van der Waals surface area contributed by atoms with E-state index in [0.29, 0.717) is 5.39 Å². The van der Waals surface area contributed by atoms with Gasteiger partial charge in [0.15, 0.2) is 0 Å². The van der Waals surface area contributed by atoms with Crippen LogP contribution in [0.25, 0.3) is 10.8 Å². The Kier molecular flexibility index (Phi) is 3.80. The van der Waals surface area contributed by atoms with Crippen molar-refractivity contribution in [3.63, 3.8) is 0 Å². The van der Waals surface area contributed by atoms with Gasteiger partial charge in [0.2, 0.25) is 0 Å². The maximum atomic E-state index is 12.9. The van der Waals surface area contributed by atoms with Gasteiger partial charge < -0.3 is 5.73 Å². The Morgan fingerprint density at radius 1 is 1.16 bits per heavy atom. The number of hydrogen-bond acceptors (Lipinski definition) is 1. The van der Waals surface area contributed by atoms with Gasteiger partial charge in [0, 0.05) is 0 Å². The van der Waals surface area contributed by atoms with Crippen molar-refractivity contribution >= 4 is 10.8 Å². The zero-order valence-electron chi connectivity index (χ0n) is 10.7. The Hall–Kier alpha value is -1.55. The number of hydrogen-bond donors (Lipinski definition) is 1. The first-order chi connectivity index (χ1) is 8.93. The molecule has 2 rings (SSSR count). The highest BCUT2D eigenvalue weighted by Crippen LogP contribution is 2.35. The molecule has 0 amide bonds. The lowest BCUT2D eigenvalue weighted by atomic mass is 9.94. The smallest absolute Gasteiger partial charge is 0.316 e. The minimum absolute atomic E-state index is 0.161. The van der Waals surface area contributed by atoms with Crippen LogP contribution in [0.4, 0.5) is 13.2 Å². The van der Waals surface area contributed by atoms with E-state index in [0.717, 1.165) is 23.8 Å². The minimum Gasteiger partial charge on any atom is -0.316 e. The third-order valence-electron chi connectivity index (χ3n) is 3.18. The molecule has 0 radical (unpaired) electrons. The molecule has 4 heteroatoms. The fourth-order valence-corrected chi connectivity index (χ4v) is 2.27. The summed E-state index contributed by atoms with van der Waals surface area (Å²) in [6.07, 6.45) is -2.78. The van der Waals surface area contributed by atoms with Gasteiger partial charge in [0.05, 0.1) is 0 Å². The molecule has 0 saturated carbocycles. The summed E-state index contributed by atoms with van der Waals surface area (Å²) in [7, 11) is 0. The van der Waals surface area contributed by atoms with E-state index in [1.807, 2.05) is 25.1 Å². The molecule has 0 fully saturated rings. The van der Waals surface area contributed by atoms with Crippen molar-refractivity contribution in [1.82, 2.24) is 0 Å². The van der Waals surface area contributed by atoms with E-state index < -0.39 is 12.2 Å². The molecule has 19 heavy (non-hydrogen) atoms. The second-order valence-corrected chi connectivity index (χ2v) is 4.68. The molecule has 0 aromatic heterocycles. The molecular formula is C15H16F3N. The van der Waals surface area contributed by atoms with E-state index in [1.165, 1.54) is 0 Å². The van der Waals surface area contributed by atoms with Crippen molar-refractivity contribution in [2.24, 2.45) is 5.73 Å². The maximum absolute atomic E-state index is 12.9. The quantitative estimate of drug-likeness (QED) is 0.878. The number of aryl methyl sites for hydroxylation is 1. The van der Waals surface area contributed by atoms with Gasteiger partial charge in [-0.05, 0) is 28.3 Å². The van der Waals surface area contributed by atoms with Gasteiger partial charge in [-0.2, -0.15) is 13.2 Å². The molecule has 1 nitrogen and oxygen atoms in total. The van der Waals surface area contributed by atoms with Crippen LogP contribution < -0.4 is 5.73 Å². The van der Waals surface area contributed by atoms with Gasteiger partial charge in [0.25, 0.3) is 0 Å². The number of benzene rings is 2. The normalized spacial score (nSPS) is 13.7. The molecule has 0 unspecified atom stereocenters. The lowest BCUT2D eigenvalue weighted by Gasteiger charge is -2.19. The SMILES string of the molecule is CCCc1cc([C@H](N)C(F)(F)F)c2ccccc2c1. The molecule has 0 bridgehead atoms. The molecule has 0 aliphatic carbocycles. The summed E-state index contributed by atoms with van der Waals surface area (Å²) >= 11 is 0. The summed E-state index contributed by atoms with van der Waals surface area (Å²) in [6, 6.07) is 8.65. The molecule has 2 N–H and O–H groups in total. The van der Waals surface area contributed by atoms with E-state index >= 15 is 0 Å². The number of nitrogens with two attached hydrogens (primary N) is 1. The van der Waals surface area contributed by atoms with Crippen molar-refractivity contribution in [3.8, 4) is 0 Å². The van der Waals surface area contributed by atoms with Crippen LogP contribution in [0.2, 0.25) is 0 Å². The van der Waals surface area contributed by atoms with Gasteiger partial charge in [-0.3, -0.25) is 0 Å². The summed E-state index contributed by atoms with van der Waals surface area (Å²) < 4.78 is 38.6. The average molecular weight is 267 g/mol. The van der Waals surface area contributed by atoms with E-state index in [-0.39, 0.29) is 5.56 Å². The Morgan fingerprint density at radius 2 is 1.84 bits per heavy atom. The first-order valence-electron chi connectivity index (χ1n) is 6.27. The molecule has 0 saturated heterocycles. The van der Waals surface area contributed by atoms with Gasteiger partial charge in [-0.25, -0.2) is 0 Å². The molecule has 102 valence electrons. The van der Waals surface area contributed by atoms with Crippen LogP contribution >= 0.6 is 0 Å². The minimum atomic E-state index is -4.42. The Bertz CT molecular complexity index is 575. The van der Waals surface area contributed by atoms with Crippen LogP contribution in [0.15, 0.2) is 36.4 Å². The van der Waals surface area contributed by atoms with E-state index in [9.17, 15) is 13.2 Å². The highest BCUT2D eigenvalue weighted by atomic mass is 19.4. The zero-order valence-corrected chi connectivity index (χ0v) is 10.7. The van der Waals surface area contributed by atoms with Crippen LogP contribution in [0, 0.1) is 0 Å². The summed E-state index contributed by atoms with van der Waals surface area (Å²) in [4.78, 5) is 0. The average Bonchev–Trinajstić information content (AvgIpc) is 2.36. The van der Waals surface area contributed by atoms with Crippen LogP contribution in [0.5, 0.6) is 0 Å². The third-order valence-corrected chi connectivity index (χ3v) is 3.18.